The van der Waals surface area contributed by atoms with Crippen LogP contribution in [0.2, 0.25) is 0 Å². The molecular weight excluding hydrogens is 188 g/mol. The highest BCUT2D eigenvalue weighted by molar-refractivity contribution is 5.75. The number of tetrazole rings is 1. The van der Waals surface area contributed by atoms with Crippen LogP contribution in [0.3, 0.4) is 0 Å². The van der Waals surface area contributed by atoms with Gasteiger partial charge in [0.15, 0.2) is 0 Å². The molecule has 1 aromatic heterocycles. The van der Waals surface area contributed by atoms with Crippen molar-refractivity contribution >= 4 is 6.03 Å². The Labute approximate surface area is 79.8 Å². The Bertz CT molecular complexity index is 376. The highest BCUT2D eigenvalue weighted by atomic mass is 16.2. The van der Waals surface area contributed by atoms with Crippen LogP contribution in [0.5, 0.6) is 0 Å². The monoisotopic (exact) mass is 200 g/mol. The molecule has 1 aromatic rings. The van der Waals surface area contributed by atoms with Gasteiger partial charge in [0.2, 0.25) is 0 Å². The van der Waals surface area contributed by atoms with Gasteiger partial charge in [-0.2, -0.15) is 0 Å². The fourth-order valence-corrected chi connectivity index (χ4v) is 1.00. The van der Waals surface area contributed by atoms with Gasteiger partial charge in [-0.3, -0.25) is 0 Å². The zero-order valence-electron chi connectivity index (χ0n) is 8.04. The molecule has 8 nitrogen and oxygen atoms in total. The average molecular weight is 200 g/mol. The van der Waals surface area contributed by atoms with Gasteiger partial charge in [0.1, 0.15) is 0 Å². The summed E-state index contributed by atoms with van der Waals surface area (Å²) >= 11 is 0. The van der Waals surface area contributed by atoms with Gasteiger partial charge in [-0.25, -0.2) is 9.59 Å². The van der Waals surface area contributed by atoms with Crippen LogP contribution in [0.1, 0.15) is 13.8 Å². The first-order chi connectivity index (χ1) is 6.61. The summed E-state index contributed by atoms with van der Waals surface area (Å²) in [5.41, 5.74) is -0.748. The minimum absolute atomic E-state index is 0.499. The number of nitrogens with two attached hydrogens (primary N) is 1. The van der Waals surface area contributed by atoms with Gasteiger partial charge in [-0.05, 0) is 24.3 Å². The van der Waals surface area contributed by atoms with Crippen LogP contribution >= 0.6 is 0 Å². The van der Waals surface area contributed by atoms with Gasteiger partial charge < -0.3 is 10.7 Å². The maximum Gasteiger partial charge on any atom is 0.391 e. The number of carbonyl (C=O) groups excluding carboxylic acids is 1. The van der Waals surface area contributed by atoms with E-state index in [0.29, 0.717) is 22.6 Å². The molecule has 0 saturated heterocycles. The van der Waals surface area contributed by atoms with Crippen molar-refractivity contribution in [2.45, 2.75) is 13.8 Å². The lowest BCUT2D eigenvalue weighted by Crippen LogP contribution is -2.41. The molecule has 1 amide bonds. The number of hydrogen-bond donors (Lipinski definition) is 1. The molecule has 0 bridgehead atoms. The van der Waals surface area contributed by atoms with E-state index in [4.69, 9.17) is 5.84 Å². The molecule has 1 rings (SSSR count). The van der Waals surface area contributed by atoms with E-state index in [1.807, 2.05) is 0 Å². The summed E-state index contributed by atoms with van der Waals surface area (Å²) in [6, 6.07) is -0.517. The Morgan fingerprint density at radius 3 is 2.36 bits per heavy atom. The predicted molar refractivity (Wildman–Crippen MR) is 48.1 cm³/mol. The molecule has 0 aliphatic carbocycles. The maximum atomic E-state index is 11.6. The Kier molecular flexibility index (Phi) is 2.85. The van der Waals surface area contributed by atoms with Crippen LogP contribution in [0.25, 0.3) is 0 Å². The molecule has 78 valence electrons. The summed E-state index contributed by atoms with van der Waals surface area (Å²) in [5.74, 6) is 5.10. The zero-order chi connectivity index (χ0) is 10.7. The van der Waals surface area contributed by atoms with E-state index in [0.717, 1.165) is 0 Å². The van der Waals surface area contributed by atoms with E-state index < -0.39 is 11.7 Å². The normalized spacial score (nSPS) is 10.1. The van der Waals surface area contributed by atoms with Crippen molar-refractivity contribution in [1.29, 1.82) is 0 Å². The lowest BCUT2D eigenvalue weighted by molar-refractivity contribution is 0.200. The van der Waals surface area contributed by atoms with Gasteiger partial charge in [0.05, 0.1) is 0 Å². The molecule has 0 aromatic carbocycles. The van der Waals surface area contributed by atoms with Crippen LogP contribution < -0.4 is 11.5 Å². The number of nitrogens with zero attached hydrogens (tertiary/aromatic N) is 5. The highest BCUT2D eigenvalue weighted by Crippen LogP contribution is 1.90. The van der Waals surface area contributed by atoms with Crippen LogP contribution in [-0.4, -0.2) is 43.9 Å². The van der Waals surface area contributed by atoms with Crippen LogP contribution in [0.15, 0.2) is 4.79 Å². The summed E-state index contributed by atoms with van der Waals surface area (Å²) in [4.78, 5) is 24.7. The third-order valence-corrected chi connectivity index (χ3v) is 1.82. The minimum atomic E-state index is -0.748. The van der Waals surface area contributed by atoms with Crippen molar-refractivity contribution in [1.82, 2.24) is 24.8 Å². The van der Waals surface area contributed by atoms with E-state index in [1.54, 1.807) is 13.8 Å². The van der Waals surface area contributed by atoms with E-state index in [1.165, 1.54) is 4.90 Å². The van der Waals surface area contributed by atoms with E-state index >= 15 is 0 Å². The molecular formula is C6H12N6O2. The van der Waals surface area contributed by atoms with Crippen molar-refractivity contribution in [2.24, 2.45) is 0 Å². The number of rotatable bonds is 2. The number of amides is 1. The predicted octanol–water partition coefficient (Wildman–Crippen LogP) is -1.54. The fraction of sp³-hybridized carbons (Fsp3) is 0.667. The summed E-state index contributed by atoms with van der Waals surface area (Å²) < 4.78 is 0.632. The molecule has 1 heterocycles. The first-order valence-electron chi connectivity index (χ1n) is 4.21. The molecule has 8 heteroatoms. The van der Waals surface area contributed by atoms with Crippen molar-refractivity contribution in [3.63, 3.8) is 0 Å². The Morgan fingerprint density at radius 1 is 1.43 bits per heavy atom. The van der Waals surface area contributed by atoms with E-state index in [-0.39, 0.29) is 0 Å². The first-order valence-corrected chi connectivity index (χ1v) is 4.21. The van der Waals surface area contributed by atoms with E-state index in [2.05, 4.69) is 10.4 Å². The highest BCUT2D eigenvalue weighted by Gasteiger charge is 2.17. The third-order valence-electron chi connectivity index (χ3n) is 1.82. The standard InChI is InChI=1S/C6H12N6O2/c1-3-10(4-2)5(13)11-6(14)12(7)9-8-11/h3-4,7H2,1-2H3. The number of nitrogen functional groups attached to an aromatic ring is 1. The number of carbonyl (C=O) groups is 1. The van der Waals surface area contributed by atoms with Crippen molar-refractivity contribution in [3.05, 3.63) is 10.5 Å². The summed E-state index contributed by atoms with van der Waals surface area (Å²) in [7, 11) is 0. The fourth-order valence-electron chi connectivity index (χ4n) is 1.00. The lowest BCUT2D eigenvalue weighted by Gasteiger charge is -2.16. The molecule has 0 spiro atoms. The van der Waals surface area contributed by atoms with E-state index in [9.17, 15) is 9.59 Å². The second kappa shape index (κ2) is 3.90. The van der Waals surface area contributed by atoms with Gasteiger partial charge in [-0.15, -0.1) is 9.47 Å². The van der Waals surface area contributed by atoms with Crippen molar-refractivity contribution in [2.75, 3.05) is 18.9 Å². The largest absolute Gasteiger partial charge is 0.391 e. The molecule has 0 aliphatic heterocycles. The minimum Gasteiger partial charge on any atom is -0.323 e. The molecule has 0 fully saturated rings. The molecule has 14 heavy (non-hydrogen) atoms. The Morgan fingerprint density at radius 2 is 2.00 bits per heavy atom. The number of hydrogen-bond acceptors (Lipinski definition) is 5. The second-order valence-corrected chi connectivity index (χ2v) is 2.57. The van der Waals surface area contributed by atoms with Gasteiger partial charge in [0.25, 0.3) is 0 Å². The summed E-state index contributed by atoms with van der Waals surface area (Å²) in [6.07, 6.45) is 0. The smallest absolute Gasteiger partial charge is 0.323 e. The van der Waals surface area contributed by atoms with Crippen LogP contribution in [0, 0.1) is 0 Å². The maximum absolute atomic E-state index is 11.6. The van der Waals surface area contributed by atoms with Crippen LogP contribution in [-0.2, 0) is 0 Å². The first kappa shape index (κ1) is 10.2. The molecule has 0 unspecified atom stereocenters. The third kappa shape index (κ3) is 1.58. The second-order valence-electron chi connectivity index (χ2n) is 2.57. The lowest BCUT2D eigenvalue weighted by atomic mass is 10.5. The number of aromatic nitrogens is 4. The van der Waals surface area contributed by atoms with Crippen molar-refractivity contribution < 1.29 is 4.79 Å². The SMILES string of the molecule is CCN(CC)C(=O)n1nnn(N)c1=O. The van der Waals surface area contributed by atoms with Crippen LogP contribution in [0.4, 0.5) is 4.79 Å². The van der Waals surface area contributed by atoms with Gasteiger partial charge in [0, 0.05) is 13.1 Å². The average Bonchev–Trinajstić information content (AvgIpc) is 2.49. The summed E-state index contributed by atoms with van der Waals surface area (Å²) in [6.45, 7) is 4.61. The Hall–Kier alpha value is -1.86. The molecule has 2 N–H and O–H groups in total. The molecule has 0 saturated carbocycles. The molecule has 0 aliphatic rings. The van der Waals surface area contributed by atoms with Gasteiger partial charge in [-0.1, -0.05) is 0 Å². The quantitative estimate of drug-likeness (QED) is 0.461. The summed E-state index contributed by atoms with van der Waals surface area (Å²) in [5, 5.41) is 6.57. The zero-order valence-corrected chi connectivity index (χ0v) is 8.04. The molecule has 0 atom stereocenters. The molecule has 0 radical (unpaired) electrons. The Balaban J connectivity index is 3.00. The topological polar surface area (TPSA) is 99.0 Å². The van der Waals surface area contributed by atoms with Gasteiger partial charge >= 0.3 is 11.7 Å². The van der Waals surface area contributed by atoms with Crippen molar-refractivity contribution in [3.8, 4) is 0 Å².